The van der Waals surface area contributed by atoms with Gasteiger partial charge in [0, 0.05) is 23.1 Å². The van der Waals surface area contributed by atoms with Crippen LogP contribution in [0.15, 0.2) is 34.8 Å². The van der Waals surface area contributed by atoms with Gasteiger partial charge in [0.1, 0.15) is 0 Å². The van der Waals surface area contributed by atoms with Crippen molar-refractivity contribution in [1.29, 1.82) is 0 Å². The summed E-state index contributed by atoms with van der Waals surface area (Å²) >= 11 is 3.35. The molecular weight excluding hydrogens is 434 g/mol. The molecule has 0 saturated carbocycles. The first-order chi connectivity index (χ1) is 12.7. The van der Waals surface area contributed by atoms with Gasteiger partial charge in [-0.1, -0.05) is 41.9 Å². The Hall–Kier alpha value is -1.67. The number of amides is 1. The Kier molecular flexibility index (Phi) is 7.61. The number of nitrogens with zero attached hydrogens (tertiary/aromatic N) is 1. The molecule has 1 aliphatic heterocycles. The largest absolute Gasteiger partial charge is 0.452 e. The molecule has 1 heterocycles. The number of hydrogen-bond acceptors (Lipinski definition) is 5. The fraction of sp³-hybridized carbons (Fsp3) is 0.474. The van der Waals surface area contributed by atoms with E-state index >= 15 is 0 Å². The molecular formula is C19H24BrNO5S. The zero-order chi connectivity index (χ0) is 20.0. The summed E-state index contributed by atoms with van der Waals surface area (Å²) in [6.07, 6.45) is 3.30. The third-order valence-corrected chi connectivity index (χ3v) is 6.37. The Labute approximate surface area is 168 Å². The van der Waals surface area contributed by atoms with Crippen LogP contribution in [0, 0.1) is 5.92 Å². The van der Waals surface area contributed by atoms with Crippen LogP contribution in [-0.2, 0) is 24.2 Å². The molecule has 27 heavy (non-hydrogen) atoms. The molecule has 1 saturated heterocycles. The molecule has 2 rings (SSSR count). The highest BCUT2D eigenvalue weighted by Crippen LogP contribution is 2.19. The summed E-state index contributed by atoms with van der Waals surface area (Å²) in [6, 6.07) is 7.06. The number of halogens is 1. The first-order valence-electron chi connectivity index (χ1n) is 8.76. The van der Waals surface area contributed by atoms with Gasteiger partial charge < -0.3 is 9.64 Å². The van der Waals surface area contributed by atoms with E-state index in [0.29, 0.717) is 13.0 Å². The number of sulfone groups is 1. The molecule has 0 aliphatic carbocycles. The van der Waals surface area contributed by atoms with Crippen LogP contribution in [0.5, 0.6) is 0 Å². The number of carbonyl (C=O) groups is 2. The average molecular weight is 458 g/mol. The van der Waals surface area contributed by atoms with Gasteiger partial charge >= 0.3 is 5.97 Å². The second-order valence-electron chi connectivity index (χ2n) is 6.99. The highest BCUT2D eigenvalue weighted by molar-refractivity contribution is 9.10. The predicted octanol–water partition coefficient (Wildman–Crippen LogP) is 2.68. The third-order valence-electron chi connectivity index (χ3n) is 4.13. The van der Waals surface area contributed by atoms with E-state index in [1.807, 2.05) is 38.1 Å². The number of esters is 1. The summed E-state index contributed by atoms with van der Waals surface area (Å²) in [4.78, 5) is 26.0. The molecule has 6 nitrogen and oxygen atoms in total. The van der Waals surface area contributed by atoms with Gasteiger partial charge in [-0.05, 0) is 36.1 Å². The van der Waals surface area contributed by atoms with Crippen LogP contribution in [0.2, 0.25) is 0 Å². The van der Waals surface area contributed by atoms with Crippen LogP contribution in [0.4, 0.5) is 0 Å². The molecule has 8 heteroatoms. The summed E-state index contributed by atoms with van der Waals surface area (Å²) in [5.41, 5.74) is 0.824. The minimum atomic E-state index is -3.10. The standard InChI is InChI=1S/C19H24BrNO5S/c1-14(2)11-21(17-8-9-27(24,25)13-17)18(22)12-26-19(23)7-6-15-4-3-5-16(20)10-15/h3-7,10,14,17H,8-9,11-13H2,1-2H3/b7-6+. The van der Waals surface area contributed by atoms with E-state index in [4.69, 9.17) is 4.74 Å². The van der Waals surface area contributed by atoms with E-state index in [1.165, 1.54) is 6.08 Å². The zero-order valence-corrected chi connectivity index (χ0v) is 17.8. The van der Waals surface area contributed by atoms with Crippen LogP contribution < -0.4 is 0 Å². The van der Waals surface area contributed by atoms with Gasteiger partial charge in [0.2, 0.25) is 0 Å². The number of benzene rings is 1. The summed E-state index contributed by atoms with van der Waals surface area (Å²) < 4.78 is 29.4. The van der Waals surface area contributed by atoms with Crippen molar-refractivity contribution in [3.8, 4) is 0 Å². The van der Waals surface area contributed by atoms with E-state index < -0.39 is 22.4 Å². The lowest BCUT2D eigenvalue weighted by molar-refractivity contribution is -0.149. The number of carbonyl (C=O) groups excluding carboxylic acids is 2. The van der Waals surface area contributed by atoms with Gasteiger partial charge in [0.15, 0.2) is 16.4 Å². The van der Waals surface area contributed by atoms with Gasteiger partial charge in [-0.2, -0.15) is 0 Å². The van der Waals surface area contributed by atoms with Crippen LogP contribution in [0.3, 0.4) is 0 Å². The smallest absolute Gasteiger partial charge is 0.331 e. The molecule has 0 spiro atoms. The van der Waals surface area contributed by atoms with E-state index in [-0.39, 0.29) is 29.4 Å². The Morgan fingerprint density at radius 2 is 2.11 bits per heavy atom. The van der Waals surface area contributed by atoms with E-state index in [9.17, 15) is 18.0 Å². The number of hydrogen-bond donors (Lipinski definition) is 0. The molecule has 0 N–H and O–H groups in total. The molecule has 0 radical (unpaired) electrons. The Morgan fingerprint density at radius 1 is 1.37 bits per heavy atom. The number of ether oxygens (including phenoxy) is 1. The Bertz CT molecular complexity index is 819. The molecule has 1 aromatic carbocycles. The van der Waals surface area contributed by atoms with Gasteiger partial charge in [-0.3, -0.25) is 4.79 Å². The SMILES string of the molecule is CC(C)CN(C(=O)COC(=O)/C=C/c1cccc(Br)c1)C1CCS(=O)(=O)C1. The molecule has 1 aliphatic rings. The molecule has 0 bridgehead atoms. The minimum Gasteiger partial charge on any atom is -0.452 e. The van der Waals surface area contributed by atoms with E-state index in [2.05, 4.69) is 15.9 Å². The second kappa shape index (κ2) is 9.50. The van der Waals surface area contributed by atoms with Crippen molar-refractivity contribution in [2.75, 3.05) is 24.7 Å². The Balaban J connectivity index is 1.93. The van der Waals surface area contributed by atoms with Crippen molar-refractivity contribution in [2.24, 2.45) is 5.92 Å². The van der Waals surface area contributed by atoms with Crippen molar-refractivity contribution in [1.82, 2.24) is 4.90 Å². The highest BCUT2D eigenvalue weighted by atomic mass is 79.9. The third kappa shape index (κ3) is 7.10. The normalized spacial score (nSPS) is 18.7. The van der Waals surface area contributed by atoms with Gasteiger partial charge in [-0.15, -0.1) is 0 Å². The fourth-order valence-electron chi connectivity index (χ4n) is 2.91. The molecule has 1 amide bonds. The van der Waals surface area contributed by atoms with Crippen molar-refractivity contribution >= 4 is 43.7 Å². The van der Waals surface area contributed by atoms with Gasteiger partial charge in [-0.25, -0.2) is 13.2 Å². The summed E-state index contributed by atoms with van der Waals surface area (Å²) in [5, 5.41) is 0. The molecule has 148 valence electrons. The lowest BCUT2D eigenvalue weighted by Crippen LogP contribution is -2.45. The van der Waals surface area contributed by atoms with Gasteiger partial charge in [0.05, 0.1) is 11.5 Å². The topological polar surface area (TPSA) is 80.8 Å². The van der Waals surface area contributed by atoms with Gasteiger partial charge in [0.25, 0.3) is 5.91 Å². The van der Waals surface area contributed by atoms with Crippen molar-refractivity contribution in [2.45, 2.75) is 26.3 Å². The zero-order valence-electron chi connectivity index (χ0n) is 15.4. The monoisotopic (exact) mass is 457 g/mol. The maximum Gasteiger partial charge on any atom is 0.331 e. The Morgan fingerprint density at radius 3 is 2.70 bits per heavy atom. The maximum absolute atomic E-state index is 12.5. The lowest BCUT2D eigenvalue weighted by Gasteiger charge is -2.29. The van der Waals surface area contributed by atoms with E-state index in [1.54, 1.807) is 11.0 Å². The fourth-order valence-corrected chi connectivity index (χ4v) is 5.06. The van der Waals surface area contributed by atoms with Crippen LogP contribution >= 0.6 is 15.9 Å². The summed E-state index contributed by atoms with van der Waals surface area (Å²) in [6.45, 7) is 3.95. The average Bonchev–Trinajstić information content (AvgIpc) is 2.95. The maximum atomic E-state index is 12.5. The van der Waals surface area contributed by atoms with Crippen LogP contribution in [0.1, 0.15) is 25.8 Å². The van der Waals surface area contributed by atoms with Crippen molar-refractivity contribution < 1.29 is 22.7 Å². The molecule has 1 unspecified atom stereocenters. The first-order valence-corrected chi connectivity index (χ1v) is 11.4. The quantitative estimate of drug-likeness (QED) is 0.464. The number of rotatable bonds is 7. The molecule has 0 aromatic heterocycles. The molecule has 1 aromatic rings. The minimum absolute atomic E-state index is 0.0256. The van der Waals surface area contributed by atoms with Crippen molar-refractivity contribution in [3.05, 3.63) is 40.4 Å². The predicted molar refractivity (Wildman–Crippen MR) is 108 cm³/mol. The first kappa shape index (κ1) is 21.6. The van der Waals surface area contributed by atoms with E-state index in [0.717, 1.165) is 10.0 Å². The second-order valence-corrected chi connectivity index (χ2v) is 10.1. The van der Waals surface area contributed by atoms with Crippen LogP contribution in [0.25, 0.3) is 6.08 Å². The van der Waals surface area contributed by atoms with Crippen molar-refractivity contribution in [3.63, 3.8) is 0 Å². The molecule has 1 fully saturated rings. The summed E-state index contributed by atoms with van der Waals surface area (Å²) in [7, 11) is -3.10. The summed E-state index contributed by atoms with van der Waals surface area (Å²) in [5.74, 6) is -0.733. The molecule has 1 atom stereocenters. The highest BCUT2D eigenvalue weighted by Gasteiger charge is 2.35. The lowest BCUT2D eigenvalue weighted by atomic mass is 10.1. The van der Waals surface area contributed by atoms with Crippen LogP contribution in [-0.4, -0.2) is 55.9 Å².